The average molecular weight is 301 g/mol. The third-order valence-electron chi connectivity index (χ3n) is 3.12. The fourth-order valence-electron chi connectivity index (χ4n) is 1.85. The Bertz CT molecular complexity index is 464. The lowest BCUT2D eigenvalue weighted by Crippen LogP contribution is -2.43. The van der Waals surface area contributed by atoms with Crippen LogP contribution >= 0.6 is 15.9 Å². The van der Waals surface area contributed by atoms with Gasteiger partial charge in [0.1, 0.15) is 11.9 Å². The van der Waals surface area contributed by atoms with Crippen molar-refractivity contribution in [3.8, 4) is 0 Å². The van der Waals surface area contributed by atoms with Gasteiger partial charge in [0.2, 0.25) is 5.91 Å². The maximum absolute atomic E-state index is 13.4. The molecule has 0 aromatic heterocycles. The van der Waals surface area contributed by atoms with E-state index in [1.807, 2.05) is 13.8 Å². The molecule has 1 heterocycles. The van der Waals surface area contributed by atoms with E-state index in [2.05, 4.69) is 26.6 Å². The van der Waals surface area contributed by atoms with Gasteiger partial charge < -0.3 is 10.6 Å². The van der Waals surface area contributed by atoms with E-state index in [-0.39, 0.29) is 23.7 Å². The molecule has 1 aliphatic heterocycles. The second kappa shape index (κ2) is 4.64. The number of halogens is 2. The Kier molecular flexibility index (Phi) is 3.38. The Morgan fingerprint density at radius 1 is 1.47 bits per heavy atom. The molecule has 0 spiro atoms. The predicted molar refractivity (Wildman–Crippen MR) is 69.6 cm³/mol. The Balaban J connectivity index is 2.34. The molecule has 0 aliphatic carbocycles. The van der Waals surface area contributed by atoms with Crippen LogP contribution in [0.25, 0.3) is 0 Å². The van der Waals surface area contributed by atoms with Crippen LogP contribution in [0.5, 0.6) is 0 Å². The first-order valence-corrected chi connectivity index (χ1v) is 6.38. The zero-order valence-corrected chi connectivity index (χ0v) is 11.3. The highest BCUT2D eigenvalue weighted by Gasteiger charge is 2.29. The summed E-state index contributed by atoms with van der Waals surface area (Å²) in [7, 11) is 0. The van der Waals surface area contributed by atoms with Crippen molar-refractivity contribution >= 4 is 33.2 Å². The molecule has 1 aromatic rings. The lowest BCUT2D eigenvalue weighted by Gasteiger charge is -2.30. The van der Waals surface area contributed by atoms with Crippen molar-refractivity contribution in [1.29, 1.82) is 0 Å². The van der Waals surface area contributed by atoms with E-state index in [1.165, 1.54) is 6.07 Å². The summed E-state index contributed by atoms with van der Waals surface area (Å²) in [4.78, 5) is 11.9. The molecule has 1 amide bonds. The van der Waals surface area contributed by atoms with Crippen molar-refractivity contribution in [3.05, 3.63) is 22.4 Å². The van der Waals surface area contributed by atoms with Crippen LogP contribution in [-0.2, 0) is 4.79 Å². The number of rotatable bonds is 2. The molecule has 0 radical (unpaired) electrons. The number of nitrogens with one attached hydrogen (secondary N) is 2. The minimum Gasteiger partial charge on any atom is -0.372 e. The molecular formula is C12H14BrFN2O. The molecule has 92 valence electrons. The van der Waals surface area contributed by atoms with Gasteiger partial charge in [0.05, 0.1) is 15.8 Å². The van der Waals surface area contributed by atoms with E-state index in [4.69, 9.17) is 0 Å². The minimum absolute atomic E-state index is 0.0645. The molecular weight excluding hydrogens is 287 g/mol. The van der Waals surface area contributed by atoms with Crippen LogP contribution in [0.3, 0.4) is 0 Å². The Morgan fingerprint density at radius 3 is 2.82 bits per heavy atom. The third kappa shape index (κ3) is 2.29. The number of benzene rings is 1. The summed E-state index contributed by atoms with van der Waals surface area (Å²) in [5.41, 5.74) is 1.25. The van der Waals surface area contributed by atoms with Gasteiger partial charge in [-0.05, 0) is 27.9 Å². The normalized spacial score (nSPS) is 20.2. The van der Waals surface area contributed by atoms with Crippen molar-refractivity contribution in [2.24, 2.45) is 5.92 Å². The first kappa shape index (κ1) is 12.4. The van der Waals surface area contributed by atoms with Crippen molar-refractivity contribution < 1.29 is 9.18 Å². The van der Waals surface area contributed by atoms with Crippen LogP contribution in [0.15, 0.2) is 16.6 Å². The van der Waals surface area contributed by atoms with E-state index < -0.39 is 0 Å². The molecule has 1 aromatic carbocycles. The highest BCUT2D eigenvalue weighted by Crippen LogP contribution is 2.33. The molecule has 2 rings (SSSR count). The SMILES string of the molecule is CCC(C)C1Nc2cc(F)c(Br)cc2NC1=O. The summed E-state index contributed by atoms with van der Waals surface area (Å²) in [5.74, 6) is -0.199. The van der Waals surface area contributed by atoms with Gasteiger partial charge in [0.25, 0.3) is 0 Å². The van der Waals surface area contributed by atoms with Crippen molar-refractivity contribution in [1.82, 2.24) is 0 Å². The predicted octanol–water partition coefficient (Wildman–Crippen LogP) is 3.37. The van der Waals surface area contributed by atoms with Gasteiger partial charge in [-0.25, -0.2) is 4.39 Å². The van der Waals surface area contributed by atoms with Crippen LogP contribution in [0.4, 0.5) is 15.8 Å². The fourth-order valence-corrected chi connectivity index (χ4v) is 2.19. The smallest absolute Gasteiger partial charge is 0.247 e. The summed E-state index contributed by atoms with van der Waals surface area (Å²) in [6.07, 6.45) is 0.888. The van der Waals surface area contributed by atoms with Crippen molar-refractivity contribution in [2.75, 3.05) is 10.6 Å². The molecule has 5 heteroatoms. The molecule has 0 bridgehead atoms. The first-order valence-electron chi connectivity index (χ1n) is 5.59. The number of carbonyl (C=O) groups is 1. The van der Waals surface area contributed by atoms with Gasteiger partial charge in [-0.15, -0.1) is 0 Å². The maximum atomic E-state index is 13.4. The Hall–Kier alpha value is -1.10. The first-order chi connectivity index (χ1) is 8.02. The molecule has 2 unspecified atom stereocenters. The second-order valence-corrected chi connectivity index (χ2v) is 5.16. The largest absolute Gasteiger partial charge is 0.372 e. The second-order valence-electron chi connectivity index (χ2n) is 4.31. The van der Waals surface area contributed by atoms with Crippen LogP contribution in [0, 0.1) is 11.7 Å². The van der Waals surface area contributed by atoms with Crippen LogP contribution in [0.2, 0.25) is 0 Å². The summed E-state index contributed by atoms with van der Waals surface area (Å²) >= 11 is 3.10. The number of carbonyl (C=O) groups excluding carboxylic acids is 1. The number of amides is 1. The summed E-state index contributed by atoms with van der Waals surface area (Å²) in [6, 6.07) is 2.67. The van der Waals surface area contributed by atoms with E-state index >= 15 is 0 Å². The zero-order valence-electron chi connectivity index (χ0n) is 9.68. The topological polar surface area (TPSA) is 41.1 Å². The minimum atomic E-state index is -0.338. The highest BCUT2D eigenvalue weighted by atomic mass is 79.9. The highest BCUT2D eigenvalue weighted by molar-refractivity contribution is 9.10. The Labute approximate surface area is 108 Å². The van der Waals surface area contributed by atoms with Crippen LogP contribution < -0.4 is 10.6 Å². The van der Waals surface area contributed by atoms with Crippen LogP contribution in [0.1, 0.15) is 20.3 Å². The van der Waals surface area contributed by atoms with Crippen molar-refractivity contribution in [2.45, 2.75) is 26.3 Å². The number of hydrogen-bond acceptors (Lipinski definition) is 2. The van der Waals surface area contributed by atoms with Gasteiger partial charge in [-0.1, -0.05) is 20.3 Å². The summed E-state index contributed by atoms with van der Waals surface area (Å²) in [6.45, 7) is 4.02. The number of hydrogen-bond donors (Lipinski definition) is 2. The van der Waals surface area contributed by atoms with E-state index in [1.54, 1.807) is 6.07 Å². The van der Waals surface area contributed by atoms with Crippen molar-refractivity contribution in [3.63, 3.8) is 0 Å². The monoisotopic (exact) mass is 300 g/mol. The quantitative estimate of drug-likeness (QED) is 0.879. The molecule has 17 heavy (non-hydrogen) atoms. The molecule has 2 atom stereocenters. The van der Waals surface area contributed by atoms with Gasteiger partial charge in [-0.3, -0.25) is 4.79 Å². The maximum Gasteiger partial charge on any atom is 0.247 e. The number of fused-ring (bicyclic) bond motifs is 1. The molecule has 0 saturated carbocycles. The molecule has 1 aliphatic rings. The standard InChI is InChI=1S/C12H14BrFN2O/c1-3-6(2)11-12(17)16-9-4-7(13)8(14)5-10(9)15-11/h4-6,11,15H,3H2,1-2H3,(H,16,17). The Morgan fingerprint density at radius 2 is 2.18 bits per heavy atom. The number of anilines is 2. The summed E-state index contributed by atoms with van der Waals surface area (Å²) < 4.78 is 13.8. The van der Waals surface area contributed by atoms with E-state index in [9.17, 15) is 9.18 Å². The third-order valence-corrected chi connectivity index (χ3v) is 3.73. The van der Waals surface area contributed by atoms with Gasteiger partial charge in [-0.2, -0.15) is 0 Å². The van der Waals surface area contributed by atoms with Gasteiger partial charge in [0, 0.05) is 6.07 Å². The van der Waals surface area contributed by atoms with Gasteiger partial charge >= 0.3 is 0 Å². The molecule has 0 fully saturated rings. The van der Waals surface area contributed by atoms with E-state index in [0.29, 0.717) is 15.8 Å². The molecule has 0 saturated heterocycles. The lowest BCUT2D eigenvalue weighted by molar-refractivity contribution is -0.118. The van der Waals surface area contributed by atoms with Crippen LogP contribution in [-0.4, -0.2) is 11.9 Å². The zero-order chi connectivity index (χ0) is 12.6. The summed E-state index contributed by atoms with van der Waals surface area (Å²) in [5, 5.41) is 5.89. The lowest BCUT2D eigenvalue weighted by atomic mass is 9.96. The van der Waals surface area contributed by atoms with Gasteiger partial charge in [0.15, 0.2) is 0 Å². The fraction of sp³-hybridized carbons (Fsp3) is 0.417. The average Bonchev–Trinajstić information content (AvgIpc) is 2.30. The van der Waals surface area contributed by atoms with E-state index in [0.717, 1.165) is 6.42 Å². The molecule has 3 nitrogen and oxygen atoms in total. The molecule has 2 N–H and O–H groups in total.